The van der Waals surface area contributed by atoms with Crippen molar-refractivity contribution in [1.82, 2.24) is 0 Å². The van der Waals surface area contributed by atoms with Crippen molar-refractivity contribution in [3.05, 3.63) is 11.6 Å². The molecule has 0 aromatic heterocycles. The molecule has 1 aliphatic rings. The van der Waals surface area contributed by atoms with Crippen LogP contribution in [0.5, 0.6) is 0 Å². The van der Waals surface area contributed by atoms with Crippen molar-refractivity contribution < 1.29 is 0 Å². The molecule has 1 rings (SSSR count). The number of unbranched alkanes of at least 4 members (excludes halogenated alkanes) is 1. The molecule has 0 saturated heterocycles. The van der Waals surface area contributed by atoms with Gasteiger partial charge in [-0.25, -0.2) is 0 Å². The van der Waals surface area contributed by atoms with Crippen molar-refractivity contribution in [2.45, 2.75) is 52.4 Å². The molecule has 1 unspecified atom stereocenters. The first-order valence-electron chi connectivity index (χ1n) is 5.00. The monoisotopic (exact) mass is 152 g/mol. The first-order valence-corrected chi connectivity index (χ1v) is 5.00. The minimum Gasteiger partial charge on any atom is -0.0851 e. The molecule has 0 nitrogen and oxygen atoms in total. The van der Waals surface area contributed by atoms with E-state index in [1.165, 1.54) is 38.5 Å². The predicted molar refractivity (Wildman–Crippen MR) is 50.6 cm³/mol. The van der Waals surface area contributed by atoms with E-state index in [0.29, 0.717) is 0 Å². The van der Waals surface area contributed by atoms with Gasteiger partial charge in [0.1, 0.15) is 0 Å². The van der Waals surface area contributed by atoms with Gasteiger partial charge in [0.15, 0.2) is 0 Å². The Balaban J connectivity index is 2.24. The highest BCUT2D eigenvalue weighted by atomic mass is 14.1. The number of hydrogen-bond acceptors (Lipinski definition) is 0. The summed E-state index contributed by atoms with van der Waals surface area (Å²) in [6, 6.07) is 0. The van der Waals surface area contributed by atoms with E-state index in [0.717, 1.165) is 5.92 Å². The zero-order chi connectivity index (χ0) is 8.10. The lowest BCUT2D eigenvalue weighted by Gasteiger charge is -2.17. The average molecular weight is 152 g/mol. The standard InChI is InChI=1S/C11H20/c1-3-4-5-11-8-6-10(2)7-9-11/h8,10H,3-7,9H2,1-2H3. The molecule has 0 fully saturated rings. The Kier molecular flexibility index (Phi) is 3.68. The Hall–Kier alpha value is -0.260. The van der Waals surface area contributed by atoms with Crippen molar-refractivity contribution >= 4 is 0 Å². The van der Waals surface area contributed by atoms with Crippen LogP contribution < -0.4 is 0 Å². The summed E-state index contributed by atoms with van der Waals surface area (Å²) in [5.41, 5.74) is 1.73. The Labute approximate surface area is 70.7 Å². The highest BCUT2D eigenvalue weighted by molar-refractivity contribution is 5.05. The molecule has 0 aromatic rings. The Bertz CT molecular complexity index is 133. The van der Waals surface area contributed by atoms with Crippen LogP contribution in [0.2, 0.25) is 0 Å². The van der Waals surface area contributed by atoms with Gasteiger partial charge in [-0.2, -0.15) is 0 Å². The summed E-state index contributed by atoms with van der Waals surface area (Å²) in [5, 5.41) is 0. The van der Waals surface area contributed by atoms with Crippen LogP contribution in [0.25, 0.3) is 0 Å². The molecular weight excluding hydrogens is 132 g/mol. The van der Waals surface area contributed by atoms with E-state index in [1.807, 2.05) is 0 Å². The van der Waals surface area contributed by atoms with Crippen molar-refractivity contribution in [3.63, 3.8) is 0 Å². The van der Waals surface area contributed by atoms with Crippen molar-refractivity contribution in [3.8, 4) is 0 Å². The highest BCUT2D eigenvalue weighted by Crippen LogP contribution is 2.25. The van der Waals surface area contributed by atoms with Gasteiger partial charge in [-0.15, -0.1) is 0 Å². The third kappa shape index (κ3) is 3.09. The first-order chi connectivity index (χ1) is 5.33. The summed E-state index contributed by atoms with van der Waals surface area (Å²) in [7, 11) is 0. The van der Waals surface area contributed by atoms with Gasteiger partial charge < -0.3 is 0 Å². The zero-order valence-corrected chi connectivity index (χ0v) is 7.90. The summed E-state index contributed by atoms with van der Waals surface area (Å²) < 4.78 is 0. The van der Waals surface area contributed by atoms with Gasteiger partial charge in [-0.05, 0) is 38.0 Å². The van der Waals surface area contributed by atoms with E-state index in [9.17, 15) is 0 Å². The van der Waals surface area contributed by atoms with Crippen LogP contribution in [0.3, 0.4) is 0 Å². The molecule has 0 heterocycles. The number of allylic oxidation sites excluding steroid dienone is 2. The van der Waals surface area contributed by atoms with Crippen LogP contribution in [0, 0.1) is 5.92 Å². The normalized spacial score (nSPS) is 24.9. The SMILES string of the molecule is CCCCC1=CCC(C)CC1. The fraction of sp³-hybridized carbons (Fsp3) is 0.818. The Morgan fingerprint density at radius 2 is 2.36 bits per heavy atom. The maximum atomic E-state index is 2.48. The molecule has 0 bridgehead atoms. The van der Waals surface area contributed by atoms with E-state index < -0.39 is 0 Å². The highest BCUT2D eigenvalue weighted by Gasteiger charge is 2.08. The summed E-state index contributed by atoms with van der Waals surface area (Å²) >= 11 is 0. The maximum Gasteiger partial charge on any atom is -0.0318 e. The minimum atomic E-state index is 0.945. The van der Waals surface area contributed by atoms with E-state index in [-0.39, 0.29) is 0 Å². The van der Waals surface area contributed by atoms with E-state index in [1.54, 1.807) is 5.57 Å². The third-order valence-electron chi connectivity index (χ3n) is 2.62. The van der Waals surface area contributed by atoms with Gasteiger partial charge in [0.25, 0.3) is 0 Å². The van der Waals surface area contributed by atoms with Gasteiger partial charge in [0.05, 0.1) is 0 Å². The van der Waals surface area contributed by atoms with Gasteiger partial charge in [-0.1, -0.05) is 31.9 Å². The van der Waals surface area contributed by atoms with Gasteiger partial charge in [0.2, 0.25) is 0 Å². The lowest BCUT2D eigenvalue weighted by molar-refractivity contribution is 0.503. The fourth-order valence-electron chi connectivity index (χ4n) is 1.65. The van der Waals surface area contributed by atoms with Gasteiger partial charge in [0, 0.05) is 0 Å². The summed E-state index contributed by atoms with van der Waals surface area (Å²) in [6.45, 7) is 4.62. The smallest absolute Gasteiger partial charge is 0.0318 e. The molecular formula is C11H20. The summed E-state index contributed by atoms with van der Waals surface area (Å²) in [4.78, 5) is 0. The molecule has 0 aliphatic heterocycles. The van der Waals surface area contributed by atoms with Crippen LogP contribution in [0.1, 0.15) is 52.4 Å². The van der Waals surface area contributed by atoms with Crippen LogP contribution in [-0.4, -0.2) is 0 Å². The Morgan fingerprint density at radius 1 is 1.55 bits per heavy atom. The van der Waals surface area contributed by atoms with Crippen LogP contribution >= 0.6 is 0 Å². The molecule has 0 spiro atoms. The average Bonchev–Trinajstić information content (AvgIpc) is 2.04. The molecule has 0 N–H and O–H groups in total. The molecule has 1 atom stereocenters. The number of rotatable bonds is 3. The topological polar surface area (TPSA) is 0 Å². The van der Waals surface area contributed by atoms with Crippen LogP contribution in [0.4, 0.5) is 0 Å². The molecule has 0 aromatic carbocycles. The fourth-order valence-corrected chi connectivity index (χ4v) is 1.65. The van der Waals surface area contributed by atoms with Crippen LogP contribution in [0.15, 0.2) is 11.6 Å². The van der Waals surface area contributed by atoms with E-state index in [4.69, 9.17) is 0 Å². The second-order valence-corrected chi connectivity index (χ2v) is 3.85. The lowest BCUT2D eigenvalue weighted by atomic mass is 9.89. The van der Waals surface area contributed by atoms with Crippen molar-refractivity contribution in [1.29, 1.82) is 0 Å². The molecule has 64 valence electrons. The quantitative estimate of drug-likeness (QED) is 0.538. The Morgan fingerprint density at radius 3 is 2.91 bits per heavy atom. The van der Waals surface area contributed by atoms with Crippen LogP contribution in [-0.2, 0) is 0 Å². The zero-order valence-electron chi connectivity index (χ0n) is 7.90. The summed E-state index contributed by atoms with van der Waals surface area (Å²) in [5.74, 6) is 0.945. The molecule has 1 aliphatic carbocycles. The minimum absolute atomic E-state index is 0.945. The summed E-state index contributed by atoms with van der Waals surface area (Å²) in [6.07, 6.45) is 10.7. The molecule has 0 saturated carbocycles. The molecule has 0 heteroatoms. The first kappa shape index (κ1) is 8.83. The number of hydrogen-bond donors (Lipinski definition) is 0. The maximum absolute atomic E-state index is 2.48. The lowest BCUT2D eigenvalue weighted by Crippen LogP contribution is -2.01. The largest absolute Gasteiger partial charge is 0.0851 e. The van der Waals surface area contributed by atoms with E-state index in [2.05, 4.69) is 19.9 Å². The van der Waals surface area contributed by atoms with Crippen molar-refractivity contribution in [2.24, 2.45) is 5.92 Å². The van der Waals surface area contributed by atoms with E-state index >= 15 is 0 Å². The molecule has 0 amide bonds. The van der Waals surface area contributed by atoms with Gasteiger partial charge in [-0.3, -0.25) is 0 Å². The second kappa shape index (κ2) is 4.58. The third-order valence-corrected chi connectivity index (χ3v) is 2.62. The van der Waals surface area contributed by atoms with Gasteiger partial charge >= 0.3 is 0 Å². The molecule has 0 radical (unpaired) electrons. The second-order valence-electron chi connectivity index (χ2n) is 3.85. The molecule has 11 heavy (non-hydrogen) atoms. The van der Waals surface area contributed by atoms with Crippen molar-refractivity contribution in [2.75, 3.05) is 0 Å². The predicted octanol–water partition coefficient (Wildman–Crippen LogP) is 3.92.